The molecule has 1 fully saturated rings. The number of hydrogen-bond acceptors (Lipinski definition) is 8. The molecule has 1 aromatic carbocycles. The Labute approximate surface area is 177 Å². The van der Waals surface area contributed by atoms with Gasteiger partial charge in [-0.2, -0.15) is 0 Å². The molecule has 3 aromatic rings. The lowest BCUT2D eigenvalue weighted by atomic mass is 10.2. The van der Waals surface area contributed by atoms with Crippen molar-refractivity contribution in [1.29, 1.82) is 0 Å². The Morgan fingerprint density at radius 3 is 2.83 bits per heavy atom. The summed E-state index contributed by atoms with van der Waals surface area (Å²) in [6.45, 7) is 4.69. The second-order valence-corrected chi connectivity index (χ2v) is 7.25. The average Bonchev–Trinajstić information content (AvgIpc) is 2.77. The molecule has 0 radical (unpaired) electrons. The number of anilines is 3. The summed E-state index contributed by atoms with van der Waals surface area (Å²) in [5.74, 6) is 0.179. The van der Waals surface area contributed by atoms with Crippen LogP contribution in [0, 0.1) is 5.82 Å². The van der Waals surface area contributed by atoms with E-state index in [9.17, 15) is 9.18 Å². The van der Waals surface area contributed by atoms with Crippen LogP contribution in [-0.2, 0) is 4.79 Å². The van der Waals surface area contributed by atoms with Crippen molar-refractivity contribution in [2.45, 2.75) is 13.0 Å². The normalized spacial score (nSPS) is 15.1. The van der Waals surface area contributed by atoms with Crippen molar-refractivity contribution >= 4 is 46.0 Å². The van der Waals surface area contributed by atoms with Crippen molar-refractivity contribution in [1.82, 2.24) is 30.2 Å². The van der Waals surface area contributed by atoms with Gasteiger partial charge in [0.2, 0.25) is 11.9 Å². The first kappa shape index (κ1) is 20.2. The SMILES string of the molecule is CC(Nc1ncc2ncnc(Nc3ccc(F)c(Cl)c3)c2n1)C(=O)N1CCNCC1. The predicted octanol–water partition coefficient (Wildman–Crippen LogP) is 2.19. The van der Waals surface area contributed by atoms with E-state index in [1.54, 1.807) is 19.2 Å². The maximum Gasteiger partial charge on any atom is 0.244 e. The molecule has 4 rings (SSSR count). The van der Waals surface area contributed by atoms with Gasteiger partial charge in [0, 0.05) is 31.9 Å². The predicted molar refractivity (Wildman–Crippen MR) is 112 cm³/mol. The van der Waals surface area contributed by atoms with E-state index in [1.165, 1.54) is 18.5 Å². The summed E-state index contributed by atoms with van der Waals surface area (Å²) in [7, 11) is 0. The lowest BCUT2D eigenvalue weighted by Crippen LogP contribution is -2.50. The fraction of sp³-hybridized carbons (Fsp3) is 0.316. The molecule has 9 nitrogen and oxygen atoms in total. The first-order valence-corrected chi connectivity index (χ1v) is 9.85. The second kappa shape index (κ2) is 8.72. The molecular weight excluding hydrogens is 411 g/mol. The van der Waals surface area contributed by atoms with E-state index in [-0.39, 0.29) is 16.9 Å². The largest absolute Gasteiger partial charge is 0.343 e. The Hall–Kier alpha value is -3.11. The minimum atomic E-state index is -0.508. The number of nitrogens with zero attached hydrogens (tertiary/aromatic N) is 5. The van der Waals surface area contributed by atoms with E-state index in [2.05, 4.69) is 35.9 Å². The quantitative estimate of drug-likeness (QED) is 0.565. The Morgan fingerprint density at radius 2 is 2.07 bits per heavy atom. The van der Waals surface area contributed by atoms with Crippen molar-refractivity contribution < 1.29 is 9.18 Å². The number of hydrogen-bond donors (Lipinski definition) is 3. The summed E-state index contributed by atoms with van der Waals surface area (Å²) >= 11 is 5.85. The molecule has 3 N–H and O–H groups in total. The maximum atomic E-state index is 13.4. The van der Waals surface area contributed by atoms with Crippen LogP contribution in [0.3, 0.4) is 0 Å². The highest BCUT2D eigenvalue weighted by atomic mass is 35.5. The summed E-state index contributed by atoms with van der Waals surface area (Å²) < 4.78 is 13.4. The van der Waals surface area contributed by atoms with E-state index in [4.69, 9.17) is 11.6 Å². The van der Waals surface area contributed by atoms with Crippen LogP contribution in [0.25, 0.3) is 11.0 Å². The summed E-state index contributed by atoms with van der Waals surface area (Å²) in [6.07, 6.45) is 2.93. The van der Waals surface area contributed by atoms with Crippen LogP contribution >= 0.6 is 11.6 Å². The van der Waals surface area contributed by atoms with E-state index < -0.39 is 11.9 Å². The van der Waals surface area contributed by atoms with Gasteiger partial charge in [-0.3, -0.25) is 4.79 Å². The van der Waals surface area contributed by atoms with Crippen LogP contribution in [0.15, 0.2) is 30.7 Å². The van der Waals surface area contributed by atoms with Crippen LogP contribution in [-0.4, -0.2) is 63.0 Å². The number of carbonyl (C=O) groups excluding carboxylic acids is 1. The molecule has 1 aliphatic rings. The summed E-state index contributed by atoms with van der Waals surface area (Å²) in [5.41, 5.74) is 1.53. The summed E-state index contributed by atoms with van der Waals surface area (Å²) in [6, 6.07) is 3.78. The van der Waals surface area contributed by atoms with Gasteiger partial charge in [-0.15, -0.1) is 0 Å². The molecule has 0 saturated carbocycles. The zero-order chi connectivity index (χ0) is 21.1. The van der Waals surface area contributed by atoms with Gasteiger partial charge in [-0.25, -0.2) is 24.3 Å². The number of nitrogens with one attached hydrogen (secondary N) is 3. The first-order chi connectivity index (χ1) is 14.5. The van der Waals surface area contributed by atoms with Crippen LogP contribution in [0.1, 0.15) is 6.92 Å². The van der Waals surface area contributed by atoms with Crippen molar-refractivity contribution in [3.8, 4) is 0 Å². The zero-order valence-electron chi connectivity index (χ0n) is 16.2. The summed E-state index contributed by atoms with van der Waals surface area (Å²) in [4.78, 5) is 31.6. The number of aromatic nitrogens is 4. The van der Waals surface area contributed by atoms with Crippen LogP contribution in [0.2, 0.25) is 5.02 Å². The molecule has 30 heavy (non-hydrogen) atoms. The number of piperazine rings is 1. The number of amides is 1. The topological polar surface area (TPSA) is 108 Å². The lowest BCUT2D eigenvalue weighted by Gasteiger charge is -2.30. The van der Waals surface area contributed by atoms with E-state index >= 15 is 0 Å². The van der Waals surface area contributed by atoms with Crippen molar-refractivity contribution in [3.05, 3.63) is 41.6 Å². The molecule has 2 aromatic heterocycles. The highest BCUT2D eigenvalue weighted by Crippen LogP contribution is 2.25. The summed E-state index contributed by atoms with van der Waals surface area (Å²) in [5, 5.41) is 9.34. The molecule has 1 unspecified atom stereocenters. The molecule has 156 valence electrons. The van der Waals surface area contributed by atoms with Gasteiger partial charge in [0.25, 0.3) is 0 Å². The van der Waals surface area contributed by atoms with E-state index in [0.29, 0.717) is 35.6 Å². The van der Waals surface area contributed by atoms with Crippen molar-refractivity contribution in [2.24, 2.45) is 0 Å². The van der Waals surface area contributed by atoms with Crippen molar-refractivity contribution in [2.75, 3.05) is 36.8 Å². The fourth-order valence-corrected chi connectivity index (χ4v) is 3.32. The number of fused-ring (bicyclic) bond motifs is 1. The van der Waals surface area contributed by atoms with Crippen LogP contribution in [0.5, 0.6) is 0 Å². The number of carbonyl (C=O) groups is 1. The van der Waals surface area contributed by atoms with Crippen LogP contribution in [0.4, 0.5) is 21.8 Å². The molecule has 0 bridgehead atoms. The van der Waals surface area contributed by atoms with Gasteiger partial charge in [0.15, 0.2) is 5.82 Å². The van der Waals surface area contributed by atoms with Gasteiger partial charge in [-0.05, 0) is 25.1 Å². The second-order valence-electron chi connectivity index (χ2n) is 6.84. The van der Waals surface area contributed by atoms with Gasteiger partial charge >= 0.3 is 0 Å². The third-order valence-corrected chi connectivity index (χ3v) is 4.99. The Kier molecular flexibility index (Phi) is 5.86. The van der Waals surface area contributed by atoms with Gasteiger partial charge < -0.3 is 20.9 Å². The third-order valence-electron chi connectivity index (χ3n) is 4.70. The fourth-order valence-electron chi connectivity index (χ4n) is 3.14. The molecule has 11 heteroatoms. The zero-order valence-corrected chi connectivity index (χ0v) is 16.9. The molecular formula is C19H20ClFN8O. The molecule has 1 aliphatic heterocycles. The molecule has 1 amide bonds. The Morgan fingerprint density at radius 1 is 1.27 bits per heavy atom. The molecule has 1 saturated heterocycles. The third kappa shape index (κ3) is 4.39. The van der Waals surface area contributed by atoms with Crippen LogP contribution < -0.4 is 16.0 Å². The lowest BCUT2D eigenvalue weighted by molar-refractivity contribution is -0.132. The highest BCUT2D eigenvalue weighted by molar-refractivity contribution is 6.31. The Balaban J connectivity index is 1.56. The molecule has 1 atom stereocenters. The maximum absolute atomic E-state index is 13.4. The number of halogens is 2. The number of rotatable bonds is 5. The molecule has 0 spiro atoms. The van der Waals surface area contributed by atoms with Crippen molar-refractivity contribution in [3.63, 3.8) is 0 Å². The highest BCUT2D eigenvalue weighted by Gasteiger charge is 2.22. The average molecular weight is 431 g/mol. The minimum Gasteiger partial charge on any atom is -0.343 e. The number of benzene rings is 1. The van der Waals surface area contributed by atoms with E-state index in [0.717, 1.165) is 13.1 Å². The van der Waals surface area contributed by atoms with Gasteiger partial charge in [0.05, 0.1) is 11.2 Å². The van der Waals surface area contributed by atoms with E-state index in [1.807, 2.05) is 4.90 Å². The monoisotopic (exact) mass is 430 g/mol. The first-order valence-electron chi connectivity index (χ1n) is 9.47. The molecule has 3 heterocycles. The molecule has 0 aliphatic carbocycles. The Bertz CT molecular complexity index is 1080. The minimum absolute atomic E-state index is 0.00408. The standard InChI is InChI=1S/C19H20ClFN8O/c1-11(18(30)29-6-4-22-5-7-29)26-19-23-9-15-16(28-19)17(25-10-24-15)27-12-2-3-14(21)13(20)8-12/h2-3,8-11,22H,4-7H2,1H3,(H,23,26,28)(H,24,25,27). The van der Waals surface area contributed by atoms with Gasteiger partial charge in [0.1, 0.15) is 29.2 Å². The smallest absolute Gasteiger partial charge is 0.244 e. The van der Waals surface area contributed by atoms with Gasteiger partial charge in [-0.1, -0.05) is 11.6 Å².